The number of amides is 1. The largest absolute Gasteiger partial charge is 0.284 e. The van der Waals surface area contributed by atoms with Crippen LogP contribution in [0.15, 0.2) is 24.3 Å². The van der Waals surface area contributed by atoms with Crippen molar-refractivity contribution in [2.75, 3.05) is 0 Å². The minimum atomic E-state index is -0.0627. The summed E-state index contributed by atoms with van der Waals surface area (Å²) < 4.78 is 0. The number of carbonyl (C=O) groups is 1. The van der Waals surface area contributed by atoms with Gasteiger partial charge in [0.25, 0.3) is 5.91 Å². The van der Waals surface area contributed by atoms with E-state index in [2.05, 4.69) is 24.3 Å². The highest BCUT2D eigenvalue weighted by atomic mass is 35.5. The van der Waals surface area contributed by atoms with Gasteiger partial charge in [-0.1, -0.05) is 18.0 Å². The first-order chi connectivity index (χ1) is 8.58. The number of nitrogens with one attached hydrogen (secondary N) is 1. The Hall–Kier alpha value is -1.06. The van der Waals surface area contributed by atoms with E-state index in [1.807, 2.05) is 0 Å². The highest BCUT2D eigenvalue weighted by Crippen LogP contribution is 2.20. The summed E-state index contributed by atoms with van der Waals surface area (Å²) in [5, 5.41) is 2.71. The molecule has 0 bridgehead atoms. The molecule has 1 aliphatic rings. The molecule has 1 fully saturated rings. The molecular weight excluding hydrogens is 248 g/mol. The van der Waals surface area contributed by atoms with Crippen molar-refractivity contribution in [3.05, 3.63) is 34.9 Å². The van der Waals surface area contributed by atoms with Crippen molar-refractivity contribution in [3.8, 4) is 0 Å². The summed E-state index contributed by atoms with van der Waals surface area (Å²) in [6.07, 6.45) is 3.49. The number of halogens is 1. The van der Waals surface area contributed by atoms with Gasteiger partial charge >= 0.3 is 0 Å². The quantitative estimate of drug-likeness (QED) is 0.891. The first kappa shape index (κ1) is 13.4. The van der Waals surface area contributed by atoms with E-state index < -0.39 is 0 Å². The average molecular weight is 267 g/mol. The summed E-state index contributed by atoms with van der Waals surface area (Å²) in [7, 11) is 0. The van der Waals surface area contributed by atoms with Crippen LogP contribution in [-0.4, -0.2) is 23.0 Å². The summed E-state index contributed by atoms with van der Waals surface area (Å²) in [5.74, 6) is -0.0627. The number of hydrazine groups is 1. The molecule has 0 aliphatic carbocycles. The van der Waals surface area contributed by atoms with Crippen molar-refractivity contribution in [2.24, 2.45) is 0 Å². The summed E-state index contributed by atoms with van der Waals surface area (Å²) in [5.41, 5.74) is 3.65. The van der Waals surface area contributed by atoms with E-state index in [1.165, 1.54) is 6.42 Å². The van der Waals surface area contributed by atoms with Crippen LogP contribution in [0.4, 0.5) is 0 Å². The van der Waals surface area contributed by atoms with E-state index in [4.69, 9.17) is 11.6 Å². The van der Waals surface area contributed by atoms with E-state index >= 15 is 0 Å². The molecule has 2 atom stereocenters. The molecule has 2 rings (SSSR count). The topological polar surface area (TPSA) is 32.3 Å². The molecule has 1 aliphatic heterocycles. The van der Waals surface area contributed by atoms with Gasteiger partial charge in [-0.25, -0.2) is 5.01 Å². The number of hydrogen-bond donors (Lipinski definition) is 1. The van der Waals surface area contributed by atoms with E-state index in [0.717, 1.165) is 12.8 Å². The van der Waals surface area contributed by atoms with Gasteiger partial charge in [-0.15, -0.1) is 0 Å². The Morgan fingerprint density at radius 3 is 2.33 bits per heavy atom. The number of nitrogens with zero attached hydrogens (tertiary/aromatic N) is 1. The maximum Gasteiger partial charge on any atom is 0.265 e. The standard InChI is InChI=1S/C14H19ClN2O/c1-10-4-3-5-11(2)17(10)16-14(18)12-6-8-13(15)9-7-12/h6-11H,3-5H2,1-2H3,(H,16,18)/t10-,11+. The van der Waals surface area contributed by atoms with Gasteiger partial charge in [0.05, 0.1) is 0 Å². The smallest absolute Gasteiger partial charge is 0.265 e. The van der Waals surface area contributed by atoms with Crippen LogP contribution in [0.5, 0.6) is 0 Å². The predicted molar refractivity (Wildman–Crippen MR) is 73.5 cm³/mol. The van der Waals surface area contributed by atoms with Gasteiger partial charge in [-0.05, 0) is 51.0 Å². The van der Waals surface area contributed by atoms with Gasteiger partial charge in [-0.3, -0.25) is 10.2 Å². The van der Waals surface area contributed by atoms with Crippen LogP contribution in [-0.2, 0) is 0 Å². The van der Waals surface area contributed by atoms with Gasteiger partial charge in [0.2, 0.25) is 0 Å². The number of carbonyl (C=O) groups excluding carboxylic acids is 1. The van der Waals surface area contributed by atoms with Crippen LogP contribution in [0.25, 0.3) is 0 Å². The van der Waals surface area contributed by atoms with Crippen LogP contribution in [0.1, 0.15) is 43.5 Å². The summed E-state index contributed by atoms with van der Waals surface area (Å²) in [6, 6.07) is 7.75. The molecule has 4 heteroatoms. The van der Waals surface area contributed by atoms with E-state index in [0.29, 0.717) is 22.7 Å². The molecule has 1 N–H and O–H groups in total. The number of hydrogen-bond acceptors (Lipinski definition) is 2. The van der Waals surface area contributed by atoms with Crippen molar-refractivity contribution >= 4 is 17.5 Å². The molecular formula is C14H19ClN2O. The Morgan fingerprint density at radius 1 is 1.22 bits per heavy atom. The average Bonchev–Trinajstić information content (AvgIpc) is 2.34. The third kappa shape index (κ3) is 3.03. The molecule has 1 amide bonds. The van der Waals surface area contributed by atoms with Crippen LogP contribution >= 0.6 is 11.6 Å². The van der Waals surface area contributed by atoms with Crippen molar-refractivity contribution in [1.82, 2.24) is 10.4 Å². The highest BCUT2D eigenvalue weighted by molar-refractivity contribution is 6.30. The summed E-state index contributed by atoms with van der Waals surface area (Å²) in [4.78, 5) is 12.1. The van der Waals surface area contributed by atoms with Crippen molar-refractivity contribution in [1.29, 1.82) is 0 Å². The second-order valence-corrected chi connectivity index (χ2v) is 5.42. The lowest BCUT2D eigenvalue weighted by Crippen LogP contribution is -2.54. The molecule has 18 heavy (non-hydrogen) atoms. The SMILES string of the molecule is C[C@@H]1CCC[C@H](C)N1NC(=O)c1ccc(Cl)cc1. The monoisotopic (exact) mass is 266 g/mol. The molecule has 98 valence electrons. The zero-order valence-electron chi connectivity index (χ0n) is 10.8. The van der Waals surface area contributed by atoms with Crippen LogP contribution in [0, 0.1) is 0 Å². The van der Waals surface area contributed by atoms with Gasteiger partial charge in [0.1, 0.15) is 0 Å². The fourth-order valence-electron chi connectivity index (χ4n) is 2.42. The highest BCUT2D eigenvalue weighted by Gasteiger charge is 2.26. The van der Waals surface area contributed by atoms with Gasteiger partial charge in [-0.2, -0.15) is 0 Å². The van der Waals surface area contributed by atoms with Crippen LogP contribution in [0.2, 0.25) is 5.02 Å². The molecule has 0 spiro atoms. The Labute approximate surface area is 113 Å². The van der Waals surface area contributed by atoms with Crippen LogP contribution in [0.3, 0.4) is 0 Å². The zero-order valence-corrected chi connectivity index (χ0v) is 11.6. The Bertz CT molecular complexity index is 408. The number of rotatable bonds is 2. The maximum absolute atomic E-state index is 12.1. The molecule has 1 saturated heterocycles. The maximum atomic E-state index is 12.1. The Kier molecular flexibility index (Phi) is 4.25. The zero-order chi connectivity index (χ0) is 13.1. The van der Waals surface area contributed by atoms with Crippen LogP contribution < -0.4 is 5.43 Å². The molecule has 3 nitrogen and oxygen atoms in total. The van der Waals surface area contributed by atoms with E-state index in [-0.39, 0.29) is 5.91 Å². The molecule has 0 saturated carbocycles. The van der Waals surface area contributed by atoms with Crippen molar-refractivity contribution in [3.63, 3.8) is 0 Å². The normalized spacial score (nSPS) is 24.8. The first-order valence-electron chi connectivity index (χ1n) is 6.43. The fraction of sp³-hybridized carbons (Fsp3) is 0.500. The molecule has 1 heterocycles. The minimum Gasteiger partial charge on any atom is -0.284 e. The number of piperidine rings is 1. The minimum absolute atomic E-state index is 0.0627. The fourth-order valence-corrected chi connectivity index (χ4v) is 2.55. The second-order valence-electron chi connectivity index (χ2n) is 4.98. The van der Waals surface area contributed by atoms with Crippen molar-refractivity contribution < 1.29 is 4.79 Å². The van der Waals surface area contributed by atoms with Gasteiger partial charge < -0.3 is 0 Å². The van der Waals surface area contributed by atoms with Crippen molar-refractivity contribution in [2.45, 2.75) is 45.2 Å². The molecule has 1 aromatic rings. The number of benzene rings is 1. The third-order valence-corrected chi connectivity index (χ3v) is 3.78. The lowest BCUT2D eigenvalue weighted by Gasteiger charge is -2.38. The first-order valence-corrected chi connectivity index (χ1v) is 6.80. The van der Waals surface area contributed by atoms with E-state index in [9.17, 15) is 4.79 Å². The van der Waals surface area contributed by atoms with E-state index in [1.54, 1.807) is 24.3 Å². The third-order valence-electron chi connectivity index (χ3n) is 3.53. The Morgan fingerprint density at radius 2 is 1.78 bits per heavy atom. The van der Waals surface area contributed by atoms with Gasteiger partial charge in [0.15, 0.2) is 0 Å². The van der Waals surface area contributed by atoms with Gasteiger partial charge in [0, 0.05) is 22.7 Å². The predicted octanol–water partition coefficient (Wildman–Crippen LogP) is 3.25. The molecule has 0 radical (unpaired) electrons. The lowest BCUT2D eigenvalue weighted by molar-refractivity contribution is 0.0370. The lowest BCUT2D eigenvalue weighted by atomic mass is 10.00. The second kappa shape index (κ2) is 5.72. The molecule has 0 aromatic heterocycles. The summed E-state index contributed by atoms with van der Waals surface area (Å²) in [6.45, 7) is 4.30. The Balaban J connectivity index is 2.04. The molecule has 1 aromatic carbocycles. The summed E-state index contributed by atoms with van der Waals surface area (Å²) >= 11 is 5.81. The molecule has 0 unspecified atom stereocenters.